The molecule has 0 aromatic rings. The van der Waals surface area contributed by atoms with Gasteiger partial charge in [-0.2, -0.15) is 0 Å². The highest BCUT2D eigenvalue weighted by Crippen LogP contribution is 2.46. The first-order valence-electron chi connectivity index (χ1n) is 6.06. The van der Waals surface area contributed by atoms with E-state index in [0.29, 0.717) is 0 Å². The van der Waals surface area contributed by atoms with Gasteiger partial charge >= 0.3 is 0 Å². The van der Waals surface area contributed by atoms with Crippen molar-refractivity contribution >= 4 is 0 Å². The van der Waals surface area contributed by atoms with E-state index < -0.39 is 0 Å². The zero-order valence-electron chi connectivity index (χ0n) is 11.9. The molecule has 1 rings (SSSR count). The summed E-state index contributed by atoms with van der Waals surface area (Å²) < 4.78 is 0. The molecule has 0 saturated heterocycles. The van der Waals surface area contributed by atoms with E-state index in [9.17, 15) is 0 Å². The first-order chi connectivity index (χ1) is 7.05. The molecule has 0 saturated carbocycles. The van der Waals surface area contributed by atoms with Crippen LogP contribution < -0.4 is 0 Å². The smallest absolute Gasteiger partial charge is 0.00229 e. The normalized spacial score (nSPS) is 18.9. The van der Waals surface area contributed by atoms with Crippen LogP contribution in [0.1, 0.15) is 54.9 Å². The molecular formula is C16H25. The van der Waals surface area contributed by atoms with Crippen molar-refractivity contribution in [1.29, 1.82) is 0 Å². The standard InChI is InChI=1S/C16H25/c1-11-9-10-12(2)14(16(6,7)8)13(11)15(3,4)5/h1,9H2,2-8H3. The van der Waals surface area contributed by atoms with Crippen molar-refractivity contribution in [3.8, 4) is 0 Å². The van der Waals surface area contributed by atoms with Crippen LogP contribution in [0.25, 0.3) is 0 Å². The third-order valence-corrected chi connectivity index (χ3v) is 3.05. The molecule has 1 aliphatic rings. The van der Waals surface area contributed by atoms with Crippen LogP contribution in [-0.4, -0.2) is 0 Å². The van der Waals surface area contributed by atoms with Crippen LogP contribution in [-0.2, 0) is 0 Å². The summed E-state index contributed by atoms with van der Waals surface area (Å²) in [6, 6.07) is 0. The Kier molecular flexibility index (Phi) is 3.24. The van der Waals surface area contributed by atoms with Gasteiger partial charge in [0.15, 0.2) is 0 Å². The Morgan fingerprint density at radius 3 is 1.69 bits per heavy atom. The van der Waals surface area contributed by atoms with E-state index >= 15 is 0 Å². The second kappa shape index (κ2) is 3.91. The van der Waals surface area contributed by atoms with Crippen LogP contribution in [0.2, 0.25) is 0 Å². The van der Waals surface area contributed by atoms with Crippen LogP contribution in [0.5, 0.6) is 0 Å². The number of rotatable bonds is 0. The molecule has 0 nitrogen and oxygen atoms in total. The van der Waals surface area contributed by atoms with Crippen molar-refractivity contribution < 1.29 is 0 Å². The zero-order chi connectivity index (χ0) is 12.7. The monoisotopic (exact) mass is 217 g/mol. The lowest BCUT2D eigenvalue weighted by molar-refractivity contribution is 0.449. The van der Waals surface area contributed by atoms with Gasteiger partial charge < -0.3 is 0 Å². The van der Waals surface area contributed by atoms with E-state index in [1.807, 2.05) is 0 Å². The zero-order valence-corrected chi connectivity index (χ0v) is 11.9. The van der Waals surface area contributed by atoms with Crippen molar-refractivity contribution in [3.05, 3.63) is 34.9 Å². The summed E-state index contributed by atoms with van der Waals surface area (Å²) in [5.74, 6) is 0. The van der Waals surface area contributed by atoms with Gasteiger partial charge in [0.05, 0.1) is 0 Å². The lowest BCUT2D eigenvalue weighted by Crippen LogP contribution is -2.23. The molecule has 0 unspecified atom stereocenters. The van der Waals surface area contributed by atoms with E-state index in [0.717, 1.165) is 6.42 Å². The fourth-order valence-electron chi connectivity index (χ4n) is 2.62. The van der Waals surface area contributed by atoms with Crippen molar-refractivity contribution in [2.45, 2.75) is 54.9 Å². The number of hydrogen-bond acceptors (Lipinski definition) is 0. The number of hydrogen-bond donors (Lipinski definition) is 0. The third-order valence-electron chi connectivity index (χ3n) is 3.05. The van der Waals surface area contributed by atoms with Gasteiger partial charge in [0.25, 0.3) is 0 Å². The maximum atomic E-state index is 4.23. The Morgan fingerprint density at radius 1 is 0.938 bits per heavy atom. The fraction of sp³-hybridized carbons (Fsp3) is 0.625. The van der Waals surface area contributed by atoms with Crippen molar-refractivity contribution in [2.75, 3.05) is 0 Å². The summed E-state index contributed by atoms with van der Waals surface area (Å²) in [5, 5.41) is 0. The maximum absolute atomic E-state index is 4.23. The molecule has 16 heavy (non-hydrogen) atoms. The quantitative estimate of drug-likeness (QED) is 0.530. The Balaban J connectivity index is 3.50. The molecule has 0 atom stereocenters. The molecule has 89 valence electrons. The van der Waals surface area contributed by atoms with Gasteiger partial charge in [0.1, 0.15) is 0 Å². The minimum atomic E-state index is 0.170. The lowest BCUT2D eigenvalue weighted by Gasteiger charge is -2.37. The van der Waals surface area contributed by atoms with Crippen LogP contribution in [0, 0.1) is 16.9 Å². The molecule has 1 radical (unpaired) electrons. The second-order valence-corrected chi connectivity index (χ2v) is 6.83. The van der Waals surface area contributed by atoms with Crippen molar-refractivity contribution in [1.82, 2.24) is 0 Å². The van der Waals surface area contributed by atoms with E-state index in [-0.39, 0.29) is 10.8 Å². The van der Waals surface area contributed by atoms with Gasteiger partial charge in [-0.05, 0) is 52.5 Å². The summed E-state index contributed by atoms with van der Waals surface area (Å²) in [7, 11) is 0. The van der Waals surface area contributed by atoms with E-state index in [4.69, 9.17) is 0 Å². The van der Waals surface area contributed by atoms with Crippen LogP contribution in [0.15, 0.2) is 28.9 Å². The van der Waals surface area contributed by atoms with Gasteiger partial charge in [-0.3, -0.25) is 0 Å². The second-order valence-electron chi connectivity index (χ2n) is 6.83. The molecule has 0 bridgehead atoms. The van der Waals surface area contributed by atoms with E-state index in [2.05, 4.69) is 61.1 Å². The molecule has 0 aromatic heterocycles. The van der Waals surface area contributed by atoms with Gasteiger partial charge in [-0.15, -0.1) is 0 Å². The average Bonchev–Trinajstić information content (AvgIpc) is 2.04. The summed E-state index contributed by atoms with van der Waals surface area (Å²) in [5.41, 5.74) is 5.77. The Bertz CT molecular complexity index is 346. The molecular weight excluding hydrogens is 192 g/mol. The van der Waals surface area contributed by atoms with E-state index in [1.165, 1.54) is 22.3 Å². The summed E-state index contributed by atoms with van der Waals surface area (Å²) in [6.07, 6.45) is 4.34. The van der Waals surface area contributed by atoms with Crippen molar-refractivity contribution in [3.63, 3.8) is 0 Å². The highest BCUT2D eigenvalue weighted by Gasteiger charge is 2.31. The third kappa shape index (κ3) is 2.48. The molecule has 0 heteroatoms. The highest BCUT2D eigenvalue weighted by atomic mass is 14.4. The van der Waals surface area contributed by atoms with E-state index in [1.54, 1.807) is 0 Å². The van der Waals surface area contributed by atoms with Crippen LogP contribution in [0.3, 0.4) is 0 Å². The predicted octanol–water partition coefficient (Wildman–Crippen LogP) is 5.08. The summed E-state index contributed by atoms with van der Waals surface area (Å²) >= 11 is 0. The maximum Gasteiger partial charge on any atom is -0.00229 e. The van der Waals surface area contributed by atoms with Crippen LogP contribution in [0.4, 0.5) is 0 Å². The minimum Gasteiger partial charge on any atom is -0.0952 e. The Morgan fingerprint density at radius 2 is 1.38 bits per heavy atom. The van der Waals surface area contributed by atoms with Gasteiger partial charge in [0, 0.05) is 0 Å². The molecule has 0 aliphatic heterocycles. The molecule has 0 amide bonds. The first-order valence-corrected chi connectivity index (χ1v) is 6.06. The van der Waals surface area contributed by atoms with Crippen LogP contribution >= 0.6 is 0 Å². The average molecular weight is 217 g/mol. The topological polar surface area (TPSA) is 0 Å². The van der Waals surface area contributed by atoms with Gasteiger partial charge in [-0.1, -0.05) is 48.1 Å². The molecule has 0 aromatic carbocycles. The summed E-state index contributed by atoms with van der Waals surface area (Å²) in [4.78, 5) is 0. The molecule has 0 fully saturated rings. The molecule has 0 spiro atoms. The largest absolute Gasteiger partial charge is 0.0952 e. The van der Waals surface area contributed by atoms with Gasteiger partial charge in [0.2, 0.25) is 0 Å². The highest BCUT2D eigenvalue weighted by molar-refractivity contribution is 5.51. The number of allylic oxidation sites excluding steroid dienone is 5. The Labute approximate surface area is 101 Å². The predicted molar refractivity (Wildman–Crippen MR) is 72.1 cm³/mol. The summed E-state index contributed by atoms with van der Waals surface area (Å²) in [6.45, 7) is 20.1. The SMILES string of the molecule is C=C1C[C]=C(C)C(C(C)(C)C)=C1C(C)(C)C. The molecule has 0 N–H and O–H groups in total. The molecule has 0 heterocycles. The Hall–Kier alpha value is -0.780. The lowest BCUT2D eigenvalue weighted by atomic mass is 9.67. The van der Waals surface area contributed by atoms with Gasteiger partial charge in [-0.25, -0.2) is 0 Å². The van der Waals surface area contributed by atoms with Crippen molar-refractivity contribution in [2.24, 2.45) is 10.8 Å². The first kappa shape index (κ1) is 13.3. The minimum absolute atomic E-state index is 0.170. The fourth-order valence-corrected chi connectivity index (χ4v) is 2.62. The molecule has 1 aliphatic carbocycles.